The van der Waals surface area contributed by atoms with E-state index in [2.05, 4.69) is 0 Å². The summed E-state index contributed by atoms with van der Waals surface area (Å²) in [5, 5.41) is 12.2. The predicted octanol–water partition coefficient (Wildman–Crippen LogP) is 5.35. The summed E-state index contributed by atoms with van der Waals surface area (Å²) in [6.07, 6.45) is 1.90. The molecule has 8 rings (SSSR count). The molecule has 4 aromatic carbocycles. The highest BCUT2D eigenvalue weighted by Gasteiger charge is 2.69. The van der Waals surface area contributed by atoms with Gasteiger partial charge in [-0.25, -0.2) is 28.4 Å². The van der Waals surface area contributed by atoms with Crippen LogP contribution < -0.4 is 21.0 Å². The van der Waals surface area contributed by atoms with Crippen molar-refractivity contribution < 1.29 is 19.4 Å². The fourth-order valence-electron chi connectivity index (χ4n) is 8.19. The van der Waals surface area contributed by atoms with Gasteiger partial charge in [-0.3, -0.25) is 9.59 Å². The Labute approximate surface area is 285 Å². The van der Waals surface area contributed by atoms with Crippen molar-refractivity contribution in [1.82, 2.24) is 13.9 Å². The van der Waals surface area contributed by atoms with Crippen LogP contribution in [0.3, 0.4) is 0 Å². The van der Waals surface area contributed by atoms with Gasteiger partial charge in [0, 0.05) is 16.5 Å². The number of halogens is 1. The minimum atomic E-state index is -1.54. The smallest absolute Gasteiger partial charge is 0.352 e. The van der Waals surface area contributed by atoms with Gasteiger partial charge in [-0.2, -0.15) is 0 Å². The van der Waals surface area contributed by atoms with Gasteiger partial charge < -0.3 is 9.84 Å². The Bertz CT molecular complexity index is 2290. The normalized spacial score (nSPS) is 22.7. The summed E-state index contributed by atoms with van der Waals surface area (Å²) in [6.45, 7) is 2.13. The molecule has 1 N–H and O–H groups in total. The number of carbonyl (C=O) groups excluding carboxylic acids is 2. The van der Waals surface area contributed by atoms with E-state index in [1.165, 1.54) is 14.3 Å². The monoisotopic (exact) mass is 674 g/mol. The van der Waals surface area contributed by atoms with Crippen molar-refractivity contribution in [3.63, 3.8) is 0 Å². The minimum Gasteiger partial charge on any atom is -0.504 e. The van der Waals surface area contributed by atoms with Gasteiger partial charge in [-0.05, 0) is 60.9 Å². The van der Waals surface area contributed by atoms with Crippen LogP contribution >= 0.6 is 11.6 Å². The van der Waals surface area contributed by atoms with Crippen molar-refractivity contribution in [2.75, 3.05) is 11.5 Å². The first-order chi connectivity index (χ1) is 23.8. The highest BCUT2D eigenvalue weighted by atomic mass is 35.5. The maximum Gasteiger partial charge on any atom is 0.352 e. The summed E-state index contributed by atoms with van der Waals surface area (Å²) < 4.78 is 9.71. The number of rotatable bonds is 6. The van der Waals surface area contributed by atoms with Crippen LogP contribution in [-0.2, 0) is 21.5 Å². The number of nitrogens with zero attached hydrogens (tertiary/aromatic N) is 4. The van der Waals surface area contributed by atoms with Gasteiger partial charge in [0.05, 0.1) is 41.9 Å². The lowest BCUT2D eigenvalue weighted by Crippen LogP contribution is -2.53. The zero-order valence-corrected chi connectivity index (χ0v) is 27.2. The van der Waals surface area contributed by atoms with E-state index in [1.54, 1.807) is 79.7 Å². The number of amides is 2. The maximum absolute atomic E-state index is 15.3. The van der Waals surface area contributed by atoms with Crippen LogP contribution in [0.25, 0.3) is 5.69 Å². The van der Waals surface area contributed by atoms with Gasteiger partial charge in [0.2, 0.25) is 11.8 Å². The number of benzene rings is 4. The number of hydrogen-bond acceptors (Lipinski definition) is 6. The molecule has 2 amide bonds. The largest absolute Gasteiger partial charge is 0.504 e. The van der Waals surface area contributed by atoms with Crippen LogP contribution in [-0.4, -0.2) is 37.5 Å². The topological polar surface area (TPSA) is 116 Å². The number of fused-ring (bicyclic) bond motifs is 4. The second-order valence-corrected chi connectivity index (χ2v) is 12.9. The van der Waals surface area contributed by atoms with Crippen LogP contribution in [0, 0.1) is 5.92 Å². The number of phenols is 1. The second kappa shape index (κ2) is 11.5. The van der Waals surface area contributed by atoms with Crippen molar-refractivity contribution >= 4 is 29.1 Å². The summed E-state index contributed by atoms with van der Waals surface area (Å²) in [7, 11) is 0. The summed E-state index contributed by atoms with van der Waals surface area (Å²) in [4.78, 5) is 59.4. The Hall–Kier alpha value is -5.61. The number of allylic oxidation sites excluding steroid dienone is 2. The molecule has 5 aromatic rings. The van der Waals surface area contributed by atoms with E-state index in [9.17, 15) is 19.5 Å². The molecule has 2 fully saturated rings. The third-order valence-electron chi connectivity index (χ3n) is 10.1. The average Bonchev–Trinajstić information content (AvgIpc) is 3.51. The van der Waals surface area contributed by atoms with Crippen molar-refractivity contribution in [2.45, 2.75) is 37.3 Å². The van der Waals surface area contributed by atoms with Crippen molar-refractivity contribution in [2.24, 2.45) is 5.92 Å². The Morgan fingerprint density at radius 2 is 1.55 bits per heavy atom. The van der Waals surface area contributed by atoms with Gasteiger partial charge in [0.15, 0.2) is 11.5 Å². The number of hydrogen-bond donors (Lipinski definition) is 1. The summed E-state index contributed by atoms with van der Waals surface area (Å²) in [6, 6.07) is 28.7. The fraction of sp³-hybridized carbons (Fsp3) is 0.211. The Balaban J connectivity index is 1.43. The second-order valence-electron chi connectivity index (χ2n) is 12.4. The standard InChI is InChI=1S/C38H31ClN4O6/c1-2-49-31-18-10-17-28(33(31)44)32-27-19-20-40-36(47)42(25-14-7-4-8-15-25)37(48)43(40)30(27)22-29-34(45)41(26-16-9-13-24(39)21-26)35(46)38(29,32)23-11-5-3-6-12-23/h3-19,21,29-30,32,44H,2,20,22H2,1H3/t29-,30+,32+,38+/m0/s1. The predicted molar refractivity (Wildman–Crippen MR) is 184 cm³/mol. The number of carbonyl (C=O) groups is 2. The van der Waals surface area contributed by atoms with Crippen LogP contribution in [0.4, 0.5) is 5.69 Å². The van der Waals surface area contributed by atoms with Crippen LogP contribution in [0.15, 0.2) is 124 Å². The van der Waals surface area contributed by atoms with Crippen LogP contribution in [0.5, 0.6) is 11.5 Å². The van der Waals surface area contributed by atoms with Crippen molar-refractivity contribution in [3.05, 3.63) is 152 Å². The van der Waals surface area contributed by atoms with Crippen molar-refractivity contribution in [1.29, 1.82) is 0 Å². The molecule has 0 unspecified atom stereocenters. The molecule has 11 heteroatoms. The maximum atomic E-state index is 15.3. The number of para-hydroxylation sites is 2. The minimum absolute atomic E-state index is 0.0395. The number of imide groups is 1. The zero-order valence-electron chi connectivity index (χ0n) is 26.4. The van der Waals surface area contributed by atoms with Gasteiger partial charge in [0.25, 0.3) is 0 Å². The molecule has 0 bridgehead atoms. The number of ether oxygens (including phenoxy) is 1. The molecule has 1 saturated carbocycles. The van der Waals surface area contributed by atoms with Crippen LogP contribution in [0.2, 0.25) is 5.02 Å². The Morgan fingerprint density at radius 3 is 2.27 bits per heavy atom. The summed E-state index contributed by atoms with van der Waals surface area (Å²) >= 11 is 6.38. The average molecular weight is 675 g/mol. The molecular formula is C38H31ClN4O6. The first kappa shape index (κ1) is 30.7. The molecule has 2 aliphatic heterocycles. The van der Waals surface area contributed by atoms with E-state index in [1.807, 2.05) is 36.4 Å². The zero-order chi connectivity index (χ0) is 34.0. The number of anilines is 1. The molecule has 1 saturated heterocycles. The van der Waals surface area contributed by atoms with Gasteiger partial charge in [-0.15, -0.1) is 0 Å². The summed E-state index contributed by atoms with van der Waals surface area (Å²) in [5.41, 5.74) is -0.279. The van der Waals surface area contributed by atoms with Crippen molar-refractivity contribution in [3.8, 4) is 17.2 Å². The van der Waals surface area contributed by atoms with Gasteiger partial charge in [-0.1, -0.05) is 84.4 Å². The third-order valence-corrected chi connectivity index (χ3v) is 10.3. The molecule has 3 heterocycles. The molecule has 1 aliphatic carbocycles. The third kappa shape index (κ3) is 4.33. The number of aromatic hydroxyl groups is 1. The highest BCUT2D eigenvalue weighted by Crippen LogP contribution is 2.63. The number of phenolic OH excluding ortho intramolecular Hbond substituents is 1. The lowest BCUT2D eigenvalue weighted by molar-refractivity contribution is -0.124. The van der Waals surface area contributed by atoms with Gasteiger partial charge in [0.1, 0.15) is 0 Å². The van der Waals surface area contributed by atoms with E-state index >= 15 is 4.79 Å². The Kier molecular flexibility index (Phi) is 7.22. The molecular weight excluding hydrogens is 644 g/mol. The first-order valence-electron chi connectivity index (χ1n) is 16.1. The highest BCUT2D eigenvalue weighted by molar-refractivity contribution is 6.32. The fourth-order valence-corrected chi connectivity index (χ4v) is 8.38. The first-order valence-corrected chi connectivity index (χ1v) is 16.5. The SMILES string of the molecule is CCOc1cccc([C@H]2C3=CCn4c(=O)n(-c5ccccc5)c(=O)n4[C@@H]3C[C@H]3C(=O)N(c4cccc(Cl)c4)C(=O)[C@@]23c2ccccc2)c1O. The molecule has 4 atom stereocenters. The lowest BCUT2D eigenvalue weighted by atomic mass is 9.53. The molecule has 3 aliphatic rings. The van der Waals surface area contributed by atoms with E-state index in [0.29, 0.717) is 33.1 Å². The molecule has 1 aromatic heterocycles. The number of aromatic nitrogens is 3. The quantitative estimate of drug-likeness (QED) is 0.192. The van der Waals surface area contributed by atoms with E-state index < -0.39 is 46.5 Å². The summed E-state index contributed by atoms with van der Waals surface area (Å²) in [5.74, 6) is -2.81. The van der Waals surface area contributed by atoms with Crippen LogP contribution in [0.1, 0.15) is 36.4 Å². The molecule has 246 valence electrons. The Morgan fingerprint density at radius 1 is 0.857 bits per heavy atom. The van der Waals surface area contributed by atoms with E-state index in [0.717, 1.165) is 4.57 Å². The molecule has 49 heavy (non-hydrogen) atoms. The molecule has 10 nitrogen and oxygen atoms in total. The van der Waals surface area contributed by atoms with Gasteiger partial charge >= 0.3 is 11.4 Å². The molecule has 0 spiro atoms. The lowest BCUT2D eigenvalue weighted by Gasteiger charge is -2.49. The van der Waals surface area contributed by atoms with E-state index in [4.69, 9.17) is 16.3 Å². The van der Waals surface area contributed by atoms with E-state index in [-0.39, 0.29) is 31.1 Å². The molecule has 0 radical (unpaired) electrons.